The van der Waals surface area contributed by atoms with Crippen LogP contribution in [0.1, 0.15) is 18.5 Å². The van der Waals surface area contributed by atoms with Crippen LogP contribution in [-0.2, 0) is 11.3 Å². The van der Waals surface area contributed by atoms with Gasteiger partial charge >= 0.3 is 0 Å². The monoisotopic (exact) mass is 308 g/mol. The van der Waals surface area contributed by atoms with Gasteiger partial charge in [0.1, 0.15) is 6.54 Å². The van der Waals surface area contributed by atoms with E-state index in [1.165, 1.54) is 10.9 Å². The van der Waals surface area contributed by atoms with E-state index in [2.05, 4.69) is 15.4 Å². The van der Waals surface area contributed by atoms with E-state index in [0.29, 0.717) is 10.9 Å². The van der Waals surface area contributed by atoms with Gasteiger partial charge in [0.05, 0.1) is 17.8 Å². The van der Waals surface area contributed by atoms with Gasteiger partial charge in [-0.1, -0.05) is 12.1 Å². The molecule has 6 nitrogen and oxygen atoms in total. The highest BCUT2D eigenvalue weighted by Gasteiger charge is 2.11. The molecule has 1 N–H and O–H groups in total. The highest BCUT2D eigenvalue weighted by molar-refractivity contribution is 5.81. The minimum Gasteiger partial charge on any atom is -0.348 e. The van der Waals surface area contributed by atoms with Crippen LogP contribution in [0.2, 0.25) is 0 Å². The maximum atomic E-state index is 12.3. The van der Waals surface area contributed by atoms with Gasteiger partial charge in [0, 0.05) is 17.8 Å². The van der Waals surface area contributed by atoms with E-state index < -0.39 is 0 Å². The third-order valence-corrected chi connectivity index (χ3v) is 3.64. The number of nitrogens with one attached hydrogen (secondary N) is 1. The number of amides is 1. The molecule has 3 rings (SSSR count). The summed E-state index contributed by atoms with van der Waals surface area (Å²) >= 11 is 0. The Morgan fingerprint density at radius 2 is 1.96 bits per heavy atom. The summed E-state index contributed by atoms with van der Waals surface area (Å²) in [5.74, 6) is -0.171. The number of para-hydroxylation sites is 1. The Kier molecular flexibility index (Phi) is 4.14. The zero-order valence-electron chi connectivity index (χ0n) is 12.6. The number of nitrogens with zero attached hydrogens (tertiary/aromatic N) is 3. The van der Waals surface area contributed by atoms with Gasteiger partial charge in [0.15, 0.2) is 0 Å². The van der Waals surface area contributed by atoms with Gasteiger partial charge in [0.2, 0.25) is 11.3 Å². The molecule has 0 bridgehead atoms. The Balaban J connectivity index is 1.79. The third-order valence-electron chi connectivity index (χ3n) is 3.64. The average Bonchev–Trinajstić information content (AvgIpc) is 2.58. The molecule has 0 aliphatic carbocycles. The van der Waals surface area contributed by atoms with Crippen LogP contribution in [-0.4, -0.2) is 20.7 Å². The Hall–Kier alpha value is -3.02. The number of carbonyl (C=O) groups is 1. The Morgan fingerprint density at radius 3 is 2.74 bits per heavy atom. The molecule has 0 radical (unpaired) electrons. The van der Waals surface area contributed by atoms with Gasteiger partial charge in [-0.05, 0) is 36.8 Å². The summed E-state index contributed by atoms with van der Waals surface area (Å²) in [6.07, 6.45) is 4.62. The lowest BCUT2D eigenvalue weighted by atomic mass is 10.1. The first kappa shape index (κ1) is 14.9. The van der Waals surface area contributed by atoms with Crippen LogP contribution >= 0.6 is 0 Å². The molecule has 0 aliphatic rings. The molecule has 0 aliphatic heterocycles. The van der Waals surface area contributed by atoms with Gasteiger partial charge in [-0.15, -0.1) is 0 Å². The van der Waals surface area contributed by atoms with Crippen molar-refractivity contribution in [1.82, 2.24) is 20.1 Å². The van der Waals surface area contributed by atoms with Crippen molar-refractivity contribution in [3.8, 4) is 0 Å². The zero-order chi connectivity index (χ0) is 16.2. The molecule has 2 aromatic heterocycles. The van der Waals surface area contributed by atoms with Crippen LogP contribution < -0.4 is 10.7 Å². The SMILES string of the molecule is C[C@@H](NC(=O)Cn1ncc(=O)c2ccccc21)c1ccncc1. The van der Waals surface area contributed by atoms with Crippen molar-refractivity contribution in [1.29, 1.82) is 0 Å². The van der Waals surface area contributed by atoms with Crippen LogP contribution in [0.3, 0.4) is 0 Å². The Bertz CT molecular complexity index is 890. The molecule has 116 valence electrons. The molecular weight excluding hydrogens is 292 g/mol. The van der Waals surface area contributed by atoms with Crippen LogP contribution in [0.4, 0.5) is 0 Å². The van der Waals surface area contributed by atoms with Gasteiger partial charge in [-0.2, -0.15) is 5.10 Å². The van der Waals surface area contributed by atoms with Crippen molar-refractivity contribution in [2.24, 2.45) is 0 Å². The molecule has 1 atom stereocenters. The number of pyridine rings is 1. The maximum absolute atomic E-state index is 12.3. The number of aromatic nitrogens is 3. The lowest BCUT2D eigenvalue weighted by Crippen LogP contribution is -2.31. The van der Waals surface area contributed by atoms with E-state index in [1.54, 1.807) is 30.6 Å². The standard InChI is InChI=1S/C17H16N4O2/c1-12(13-6-8-18-9-7-13)20-17(23)11-21-15-5-3-2-4-14(15)16(22)10-19-21/h2-10,12H,11H2,1H3,(H,20,23)/t12-/m1/s1. The average molecular weight is 308 g/mol. The first-order valence-corrected chi connectivity index (χ1v) is 7.29. The fourth-order valence-electron chi connectivity index (χ4n) is 2.45. The number of benzene rings is 1. The molecule has 3 aromatic rings. The normalized spacial score (nSPS) is 12.0. The molecule has 23 heavy (non-hydrogen) atoms. The summed E-state index contributed by atoms with van der Waals surface area (Å²) in [5, 5.41) is 7.53. The van der Waals surface area contributed by atoms with E-state index in [1.807, 2.05) is 25.1 Å². The van der Waals surface area contributed by atoms with E-state index >= 15 is 0 Å². The fourth-order valence-corrected chi connectivity index (χ4v) is 2.45. The minimum atomic E-state index is -0.171. The van der Waals surface area contributed by atoms with E-state index in [-0.39, 0.29) is 23.9 Å². The smallest absolute Gasteiger partial charge is 0.242 e. The summed E-state index contributed by atoms with van der Waals surface area (Å²) in [6.45, 7) is 1.96. The van der Waals surface area contributed by atoms with E-state index in [0.717, 1.165) is 5.56 Å². The molecule has 0 saturated heterocycles. The summed E-state index contributed by atoms with van der Waals surface area (Å²) in [5.41, 5.74) is 1.47. The summed E-state index contributed by atoms with van der Waals surface area (Å²) in [6, 6.07) is 10.7. The summed E-state index contributed by atoms with van der Waals surface area (Å²) in [4.78, 5) is 28.0. The highest BCUT2D eigenvalue weighted by Crippen LogP contribution is 2.11. The van der Waals surface area contributed by atoms with Crippen molar-refractivity contribution in [3.63, 3.8) is 0 Å². The van der Waals surface area contributed by atoms with Gasteiger partial charge in [0.25, 0.3) is 0 Å². The quantitative estimate of drug-likeness (QED) is 0.795. The van der Waals surface area contributed by atoms with Crippen molar-refractivity contribution < 1.29 is 4.79 Å². The van der Waals surface area contributed by atoms with Crippen molar-refractivity contribution in [2.75, 3.05) is 0 Å². The van der Waals surface area contributed by atoms with Gasteiger partial charge < -0.3 is 5.32 Å². The van der Waals surface area contributed by atoms with Gasteiger partial charge in [-0.25, -0.2) is 0 Å². The highest BCUT2D eigenvalue weighted by atomic mass is 16.2. The number of rotatable bonds is 4. The molecule has 0 fully saturated rings. The third kappa shape index (κ3) is 3.26. The molecule has 2 heterocycles. The number of hydrogen-bond acceptors (Lipinski definition) is 4. The Morgan fingerprint density at radius 1 is 1.22 bits per heavy atom. The summed E-state index contributed by atoms with van der Waals surface area (Å²) in [7, 11) is 0. The summed E-state index contributed by atoms with van der Waals surface area (Å²) < 4.78 is 1.53. The number of fused-ring (bicyclic) bond motifs is 1. The molecular formula is C17H16N4O2. The number of carbonyl (C=O) groups excluding carboxylic acids is 1. The van der Waals surface area contributed by atoms with Crippen molar-refractivity contribution in [2.45, 2.75) is 19.5 Å². The predicted molar refractivity (Wildman–Crippen MR) is 86.8 cm³/mol. The predicted octanol–water partition coefficient (Wildman–Crippen LogP) is 1.67. The van der Waals surface area contributed by atoms with Crippen LogP contribution in [0.25, 0.3) is 10.9 Å². The van der Waals surface area contributed by atoms with Crippen LogP contribution in [0, 0.1) is 0 Å². The molecule has 6 heteroatoms. The zero-order valence-corrected chi connectivity index (χ0v) is 12.6. The van der Waals surface area contributed by atoms with Crippen molar-refractivity contribution >= 4 is 16.8 Å². The largest absolute Gasteiger partial charge is 0.348 e. The lowest BCUT2D eigenvalue weighted by Gasteiger charge is -2.15. The topological polar surface area (TPSA) is 76.9 Å². The second kappa shape index (κ2) is 6.39. The van der Waals surface area contributed by atoms with Gasteiger partial charge in [-0.3, -0.25) is 19.3 Å². The van der Waals surface area contributed by atoms with E-state index in [4.69, 9.17) is 0 Å². The fraction of sp³-hybridized carbons (Fsp3) is 0.176. The molecule has 0 unspecified atom stereocenters. The van der Waals surface area contributed by atoms with E-state index in [9.17, 15) is 9.59 Å². The van der Waals surface area contributed by atoms with Crippen molar-refractivity contribution in [3.05, 3.63) is 70.8 Å². The maximum Gasteiger partial charge on any atom is 0.242 e. The lowest BCUT2D eigenvalue weighted by molar-refractivity contribution is -0.122. The molecule has 0 spiro atoms. The first-order valence-electron chi connectivity index (χ1n) is 7.29. The second-order valence-electron chi connectivity index (χ2n) is 5.25. The first-order chi connectivity index (χ1) is 11.1. The molecule has 1 aromatic carbocycles. The Labute approximate surface area is 132 Å². The minimum absolute atomic E-state index is 0.0518. The molecule has 1 amide bonds. The van der Waals surface area contributed by atoms with Crippen LogP contribution in [0.15, 0.2) is 59.8 Å². The number of hydrogen-bond donors (Lipinski definition) is 1. The molecule has 0 saturated carbocycles. The van der Waals surface area contributed by atoms with Crippen LogP contribution in [0.5, 0.6) is 0 Å². The second-order valence-corrected chi connectivity index (χ2v) is 5.25.